The Balaban J connectivity index is 1.65. The minimum atomic E-state index is -0.347. The second-order valence-electron chi connectivity index (χ2n) is 5.44. The van der Waals surface area contributed by atoms with Gasteiger partial charge in [-0.3, -0.25) is 4.79 Å². The molecule has 6 nitrogen and oxygen atoms in total. The van der Waals surface area contributed by atoms with E-state index in [0.717, 1.165) is 9.13 Å². The number of benzene rings is 2. The van der Waals surface area contributed by atoms with Crippen molar-refractivity contribution >= 4 is 34.7 Å². The number of hydrogen-bond acceptors (Lipinski definition) is 5. The van der Waals surface area contributed by atoms with E-state index in [2.05, 4.69) is 39.2 Å². The van der Waals surface area contributed by atoms with Crippen LogP contribution in [-0.4, -0.2) is 19.2 Å². The highest BCUT2D eigenvalue weighted by atomic mass is 127. The lowest BCUT2D eigenvalue weighted by molar-refractivity contribution is 0.0954. The van der Waals surface area contributed by atoms with Crippen LogP contribution in [-0.2, 0) is 0 Å². The van der Waals surface area contributed by atoms with Crippen LogP contribution in [0, 0.1) is 14.9 Å². The van der Waals surface area contributed by atoms with Gasteiger partial charge < -0.3 is 9.15 Å². The van der Waals surface area contributed by atoms with Crippen molar-refractivity contribution in [3.63, 3.8) is 0 Å². The van der Waals surface area contributed by atoms with Gasteiger partial charge in [0.1, 0.15) is 17.3 Å². The molecule has 1 aromatic heterocycles. The second kappa shape index (κ2) is 8.51. The predicted octanol–water partition coefficient (Wildman–Crippen LogP) is 4.20. The Morgan fingerprint density at radius 1 is 1.22 bits per heavy atom. The van der Waals surface area contributed by atoms with Crippen LogP contribution in [0.2, 0.25) is 0 Å². The molecule has 1 amide bonds. The number of ether oxygens (including phenoxy) is 1. The lowest BCUT2D eigenvalue weighted by atomic mass is 10.1. The Labute approximate surface area is 169 Å². The summed E-state index contributed by atoms with van der Waals surface area (Å²) < 4.78 is 11.8. The van der Waals surface area contributed by atoms with Crippen LogP contribution in [0.1, 0.15) is 21.7 Å². The fraction of sp³-hybridized carbons (Fsp3) is 0.0500. The van der Waals surface area contributed by atoms with Crippen LogP contribution in [0.3, 0.4) is 0 Å². The summed E-state index contributed by atoms with van der Waals surface area (Å²) in [7, 11) is 1.56. The summed E-state index contributed by atoms with van der Waals surface area (Å²) in [6.45, 7) is 0. The van der Waals surface area contributed by atoms with E-state index >= 15 is 0 Å². The number of rotatable bonds is 5. The number of amides is 1. The average molecular weight is 471 g/mol. The summed E-state index contributed by atoms with van der Waals surface area (Å²) >= 11 is 2.13. The predicted molar refractivity (Wildman–Crippen MR) is 110 cm³/mol. The molecule has 0 atom stereocenters. The monoisotopic (exact) mass is 471 g/mol. The zero-order valence-electron chi connectivity index (χ0n) is 14.3. The van der Waals surface area contributed by atoms with E-state index in [0.29, 0.717) is 28.4 Å². The highest BCUT2D eigenvalue weighted by Crippen LogP contribution is 2.23. The minimum absolute atomic E-state index is 0.347. The lowest BCUT2D eigenvalue weighted by Crippen LogP contribution is -2.17. The Morgan fingerprint density at radius 3 is 2.70 bits per heavy atom. The molecule has 0 aliphatic heterocycles. The molecule has 0 radical (unpaired) electrons. The van der Waals surface area contributed by atoms with Gasteiger partial charge in [-0.1, -0.05) is 0 Å². The maximum Gasteiger partial charge on any atom is 0.271 e. The first-order valence-electron chi connectivity index (χ1n) is 7.88. The van der Waals surface area contributed by atoms with Gasteiger partial charge in [-0.2, -0.15) is 10.4 Å². The molecule has 0 bridgehead atoms. The van der Waals surface area contributed by atoms with Crippen molar-refractivity contribution in [3.8, 4) is 23.1 Å². The molecule has 0 spiro atoms. The van der Waals surface area contributed by atoms with E-state index in [9.17, 15) is 4.79 Å². The second-order valence-corrected chi connectivity index (χ2v) is 6.60. The van der Waals surface area contributed by atoms with Crippen molar-refractivity contribution in [2.45, 2.75) is 0 Å². The summed E-state index contributed by atoms with van der Waals surface area (Å²) in [6, 6.07) is 17.8. The van der Waals surface area contributed by atoms with Crippen LogP contribution in [0.15, 0.2) is 64.1 Å². The lowest BCUT2D eigenvalue weighted by Gasteiger charge is -2.05. The van der Waals surface area contributed by atoms with E-state index < -0.39 is 0 Å². The number of carbonyl (C=O) groups is 1. The molecule has 0 unspecified atom stereocenters. The normalized spacial score (nSPS) is 10.6. The van der Waals surface area contributed by atoms with Crippen molar-refractivity contribution in [2.75, 3.05) is 7.11 Å². The van der Waals surface area contributed by atoms with Gasteiger partial charge in [0.15, 0.2) is 0 Å². The minimum Gasteiger partial charge on any atom is -0.496 e. The van der Waals surface area contributed by atoms with Crippen LogP contribution in [0.5, 0.6) is 5.75 Å². The third-order valence-electron chi connectivity index (χ3n) is 3.70. The summed E-state index contributed by atoms with van der Waals surface area (Å²) in [5, 5.41) is 12.8. The summed E-state index contributed by atoms with van der Waals surface area (Å²) in [5.74, 6) is 1.43. The fourth-order valence-electron chi connectivity index (χ4n) is 2.31. The Bertz CT molecular complexity index is 1030. The molecule has 7 heteroatoms. The van der Waals surface area contributed by atoms with Gasteiger partial charge in [-0.05, 0) is 77.2 Å². The maximum atomic E-state index is 12.2. The van der Waals surface area contributed by atoms with Crippen molar-refractivity contribution < 1.29 is 13.9 Å². The molecule has 2 aromatic carbocycles. The fourth-order valence-corrected chi connectivity index (χ4v) is 2.86. The number of nitriles is 1. The summed E-state index contributed by atoms with van der Waals surface area (Å²) in [6.07, 6.45) is 1.43. The number of hydrazone groups is 1. The molecule has 0 aliphatic rings. The number of hydrogen-bond donors (Lipinski definition) is 1. The highest BCUT2D eigenvalue weighted by Gasteiger charge is 2.08. The highest BCUT2D eigenvalue weighted by molar-refractivity contribution is 14.1. The zero-order chi connectivity index (χ0) is 19.2. The van der Waals surface area contributed by atoms with Gasteiger partial charge in [0.05, 0.1) is 28.5 Å². The van der Waals surface area contributed by atoms with E-state index in [1.807, 2.05) is 12.1 Å². The van der Waals surface area contributed by atoms with E-state index in [1.165, 1.54) is 6.21 Å². The zero-order valence-corrected chi connectivity index (χ0v) is 16.4. The smallest absolute Gasteiger partial charge is 0.271 e. The topological polar surface area (TPSA) is 87.6 Å². The van der Waals surface area contributed by atoms with E-state index in [4.69, 9.17) is 14.4 Å². The summed E-state index contributed by atoms with van der Waals surface area (Å²) in [5.41, 5.74) is 4.34. The van der Waals surface area contributed by atoms with Crippen LogP contribution in [0.4, 0.5) is 0 Å². The standard InChI is InChI=1S/C20H14IN3O3/c1-26-19-10-15(6-8-17(19)21)20(25)24-23-12-16-7-9-18(27-16)14-4-2-13(11-22)3-5-14/h2-10,12H,1H3,(H,24,25)/b23-12+. The van der Waals surface area contributed by atoms with Crippen LogP contribution in [0.25, 0.3) is 11.3 Å². The molecule has 27 heavy (non-hydrogen) atoms. The summed E-state index contributed by atoms with van der Waals surface area (Å²) in [4.78, 5) is 12.2. The molecule has 0 aliphatic carbocycles. The van der Waals surface area contributed by atoms with Gasteiger partial charge in [0, 0.05) is 11.1 Å². The van der Waals surface area contributed by atoms with Crippen molar-refractivity contribution in [1.29, 1.82) is 5.26 Å². The molecule has 0 saturated carbocycles. The van der Waals surface area contributed by atoms with Gasteiger partial charge in [-0.25, -0.2) is 5.43 Å². The molecule has 0 saturated heterocycles. The third kappa shape index (κ3) is 4.54. The molecule has 134 valence electrons. The van der Waals surface area contributed by atoms with Crippen LogP contribution < -0.4 is 10.2 Å². The van der Waals surface area contributed by atoms with E-state index in [1.54, 1.807) is 49.6 Å². The Hall–Kier alpha value is -3.12. The first-order chi connectivity index (χ1) is 13.1. The van der Waals surface area contributed by atoms with Crippen molar-refractivity contribution in [3.05, 3.63) is 75.1 Å². The number of halogens is 1. The molecular formula is C20H14IN3O3. The van der Waals surface area contributed by atoms with Gasteiger partial charge >= 0.3 is 0 Å². The van der Waals surface area contributed by atoms with Gasteiger partial charge in [0.25, 0.3) is 5.91 Å². The number of furan rings is 1. The molecule has 1 heterocycles. The molecule has 3 aromatic rings. The van der Waals surface area contributed by atoms with Gasteiger partial charge in [0.2, 0.25) is 0 Å². The van der Waals surface area contributed by atoms with Crippen molar-refractivity contribution in [2.24, 2.45) is 5.10 Å². The SMILES string of the molecule is COc1cc(C(=O)N/N=C/c2ccc(-c3ccc(C#N)cc3)o2)ccc1I. The average Bonchev–Trinajstić information content (AvgIpc) is 3.17. The largest absolute Gasteiger partial charge is 0.496 e. The Kier molecular flexibility index (Phi) is 5.88. The number of nitrogens with one attached hydrogen (secondary N) is 1. The molecule has 0 fully saturated rings. The first kappa shape index (κ1) is 18.7. The number of methoxy groups -OCH3 is 1. The number of nitrogens with zero attached hydrogens (tertiary/aromatic N) is 2. The quantitative estimate of drug-likeness (QED) is 0.344. The first-order valence-corrected chi connectivity index (χ1v) is 8.96. The van der Waals surface area contributed by atoms with Gasteiger partial charge in [-0.15, -0.1) is 0 Å². The maximum absolute atomic E-state index is 12.2. The molecule has 3 rings (SSSR count). The molecular weight excluding hydrogens is 457 g/mol. The Morgan fingerprint density at radius 2 is 2.00 bits per heavy atom. The van der Waals surface area contributed by atoms with E-state index in [-0.39, 0.29) is 5.91 Å². The third-order valence-corrected chi connectivity index (χ3v) is 4.59. The number of carbonyl (C=O) groups excluding carboxylic acids is 1. The molecule has 1 N–H and O–H groups in total. The van der Waals surface area contributed by atoms with Crippen molar-refractivity contribution in [1.82, 2.24) is 5.43 Å². The van der Waals surface area contributed by atoms with Crippen LogP contribution >= 0.6 is 22.6 Å².